The normalized spacial score (nSPS) is 12.1. The first-order valence-electron chi connectivity index (χ1n) is 5.35. The van der Waals surface area contributed by atoms with E-state index in [1.165, 1.54) is 12.1 Å². The summed E-state index contributed by atoms with van der Waals surface area (Å²) in [6.07, 6.45) is -0.848. The summed E-state index contributed by atoms with van der Waals surface area (Å²) >= 11 is 5.26. The molecule has 0 N–H and O–H groups in total. The number of alkyl halides is 3. The minimum Gasteiger partial charge on any atom is -0.276 e. The highest BCUT2D eigenvalue weighted by atomic mass is 35.5. The molecule has 0 heterocycles. The third kappa shape index (κ3) is 3.35. The topological polar surface area (TPSA) is 17.1 Å². The van der Waals surface area contributed by atoms with Crippen LogP contribution in [0.15, 0.2) is 18.2 Å². The molecule has 0 aliphatic carbocycles. The fourth-order valence-electron chi connectivity index (χ4n) is 1.57. The van der Waals surface area contributed by atoms with E-state index in [1.807, 2.05) is 6.92 Å². The summed E-state index contributed by atoms with van der Waals surface area (Å²) in [4.78, 5) is 11.1. The molecule has 5 heteroatoms. The second-order valence-electron chi connectivity index (χ2n) is 3.84. The van der Waals surface area contributed by atoms with Crippen LogP contribution >= 0.6 is 11.6 Å². The molecule has 0 aromatic heterocycles. The molecular weight excluding hydrogens is 265 g/mol. The van der Waals surface area contributed by atoms with Gasteiger partial charge in [0.25, 0.3) is 5.24 Å². The highest BCUT2D eigenvalue weighted by Crippen LogP contribution is 2.34. The van der Waals surface area contributed by atoms with Crippen molar-refractivity contribution in [3.05, 3.63) is 40.5 Å². The smallest absolute Gasteiger partial charge is 0.276 e. The van der Waals surface area contributed by atoms with Gasteiger partial charge in [-0.3, -0.25) is 4.79 Å². The Morgan fingerprint density at radius 3 is 2.44 bits per heavy atom. The third-order valence-electron chi connectivity index (χ3n) is 2.45. The van der Waals surface area contributed by atoms with Crippen LogP contribution in [0, 0.1) is 6.92 Å². The molecule has 1 aromatic rings. The van der Waals surface area contributed by atoms with E-state index in [1.54, 1.807) is 13.0 Å². The van der Waals surface area contributed by atoms with Crippen molar-refractivity contribution >= 4 is 22.9 Å². The summed E-state index contributed by atoms with van der Waals surface area (Å²) in [5.74, 6) is 0. The standard InChI is InChI=1S/C13H12ClF3O/c1-3-4-5-9-6-8(2)10(12(14)18)7-11(9)13(15,16)17/h4-7H,3H2,1-2H3/b5-4+. The van der Waals surface area contributed by atoms with E-state index in [9.17, 15) is 18.0 Å². The van der Waals surface area contributed by atoms with Crippen LogP contribution < -0.4 is 0 Å². The molecule has 0 fully saturated rings. The van der Waals surface area contributed by atoms with Crippen LogP contribution in [0.3, 0.4) is 0 Å². The van der Waals surface area contributed by atoms with Gasteiger partial charge in [0.1, 0.15) is 0 Å². The van der Waals surface area contributed by atoms with Gasteiger partial charge in [-0.05, 0) is 42.1 Å². The predicted octanol–water partition coefficient (Wildman–Crippen LogP) is 4.82. The average Bonchev–Trinajstić information content (AvgIpc) is 2.23. The van der Waals surface area contributed by atoms with E-state index in [0.717, 1.165) is 6.07 Å². The maximum Gasteiger partial charge on any atom is 0.417 e. The van der Waals surface area contributed by atoms with Crippen molar-refractivity contribution in [2.75, 3.05) is 0 Å². The Hall–Kier alpha value is -1.29. The Morgan fingerprint density at radius 2 is 2.00 bits per heavy atom. The minimum atomic E-state index is -4.51. The fraction of sp³-hybridized carbons (Fsp3) is 0.308. The maximum atomic E-state index is 12.9. The molecule has 0 amide bonds. The molecule has 0 saturated carbocycles. The molecule has 0 aliphatic rings. The molecular formula is C13H12ClF3O. The second-order valence-corrected chi connectivity index (χ2v) is 4.18. The monoisotopic (exact) mass is 276 g/mol. The van der Waals surface area contributed by atoms with Crippen LogP contribution in [0.25, 0.3) is 6.08 Å². The number of hydrogen-bond donors (Lipinski definition) is 0. The number of hydrogen-bond acceptors (Lipinski definition) is 1. The summed E-state index contributed by atoms with van der Waals surface area (Å²) in [6, 6.07) is 2.13. The summed E-state index contributed by atoms with van der Waals surface area (Å²) in [5.41, 5.74) is -0.485. The van der Waals surface area contributed by atoms with E-state index >= 15 is 0 Å². The summed E-state index contributed by atoms with van der Waals surface area (Å²) in [6.45, 7) is 3.38. The van der Waals surface area contributed by atoms with Crippen LogP contribution in [0.2, 0.25) is 0 Å². The molecule has 18 heavy (non-hydrogen) atoms. The van der Waals surface area contributed by atoms with Crippen molar-refractivity contribution < 1.29 is 18.0 Å². The molecule has 0 aliphatic heterocycles. The highest BCUT2D eigenvalue weighted by Gasteiger charge is 2.33. The van der Waals surface area contributed by atoms with Gasteiger partial charge in [-0.25, -0.2) is 0 Å². The Morgan fingerprint density at radius 1 is 1.39 bits per heavy atom. The Kier molecular flexibility index (Phi) is 4.57. The maximum absolute atomic E-state index is 12.9. The molecule has 0 saturated heterocycles. The van der Waals surface area contributed by atoms with Gasteiger partial charge in [0.05, 0.1) is 5.56 Å². The SMILES string of the molecule is CC/C=C/c1cc(C)c(C(=O)Cl)cc1C(F)(F)F. The van der Waals surface area contributed by atoms with Gasteiger partial charge in [0.15, 0.2) is 0 Å². The molecule has 0 bridgehead atoms. The molecule has 0 atom stereocenters. The van der Waals surface area contributed by atoms with Crippen molar-refractivity contribution in [3.63, 3.8) is 0 Å². The van der Waals surface area contributed by atoms with Crippen molar-refractivity contribution in [2.24, 2.45) is 0 Å². The summed E-state index contributed by atoms with van der Waals surface area (Å²) in [7, 11) is 0. The molecule has 1 nitrogen and oxygen atoms in total. The second kappa shape index (κ2) is 5.57. The van der Waals surface area contributed by atoms with E-state index in [2.05, 4.69) is 0 Å². The lowest BCUT2D eigenvalue weighted by atomic mass is 9.98. The van der Waals surface area contributed by atoms with Crippen molar-refractivity contribution in [1.82, 2.24) is 0 Å². The Labute approximate surface area is 108 Å². The van der Waals surface area contributed by atoms with Crippen LogP contribution in [-0.4, -0.2) is 5.24 Å². The first-order chi connectivity index (χ1) is 8.27. The van der Waals surface area contributed by atoms with Crippen molar-refractivity contribution in [3.8, 4) is 0 Å². The van der Waals surface area contributed by atoms with Crippen LogP contribution in [0.4, 0.5) is 13.2 Å². The van der Waals surface area contributed by atoms with Crippen LogP contribution in [-0.2, 0) is 6.18 Å². The zero-order valence-electron chi connectivity index (χ0n) is 9.94. The minimum absolute atomic E-state index is 0.0449. The first kappa shape index (κ1) is 14.8. The van der Waals surface area contributed by atoms with E-state index in [-0.39, 0.29) is 11.1 Å². The predicted molar refractivity (Wildman–Crippen MR) is 65.7 cm³/mol. The van der Waals surface area contributed by atoms with E-state index < -0.39 is 17.0 Å². The van der Waals surface area contributed by atoms with Gasteiger partial charge in [0.2, 0.25) is 0 Å². The number of aryl methyl sites for hydroxylation is 1. The van der Waals surface area contributed by atoms with Crippen molar-refractivity contribution in [1.29, 1.82) is 0 Å². The van der Waals surface area contributed by atoms with Gasteiger partial charge in [-0.2, -0.15) is 13.2 Å². The third-order valence-corrected chi connectivity index (χ3v) is 2.65. The number of allylic oxidation sites excluding steroid dienone is 1. The van der Waals surface area contributed by atoms with E-state index in [4.69, 9.17) is 11.6 Å². The Bertz CT molecular complexity index is 490. The molecule has 0 spiro atoms. The summed E-state index contributed by atoms with van der Waals surface area (Å²) < 4.78 is 38.6. The number of rotatable bonds is 3. The number of halogens is 4. The lowest BCUT2D eigenvalue weighted by Gasteiger charge is -2.13. The molecule has 1 aromatic carbocycles. The van der Waals surface area contributed by atoms with Gasteiger partial charge in [-0.15, -0.1) is 0 Å². The summed E-state index contributed by atoms with van der Waals surface area (Å²) in [5, 5.41) is -0.885. The highest BCUT2D eigenvalue weighted by molar-refractivity contribution is 6.67. The van der Waals surface area contributed by atoms with Gasteiger partial charge in [0, 0.05) is 5.56 Å². The largest absolute Gasteiger partial charge is 0.417 e. The lowest BCUT2D eigenvalue weighted by molar-refractivity contribution is -0.137. The number of carbonyl (C=O) groups is 1. The molecule has 1 rings (SSSR count). The lowest BCUT2D eigenvalue weighted by Crippen LogP contribution is -2.10. The number of carbonyl (C=O) groups excluding carboxylic acids is 1. The van der Waals surface area contributed by atoms with Crippen LogP contribution in [0.1, 0.15) is 40.4 Å². The van der Waals surface area contributed by atoms with Crippen LogP contribution in [0.5, 0.6) is 0 Å². The molecule has 0 radical (unpaired) electrons. The number of benzene rings is 1. The van der Waals surface area contributed by atoms with Crippen molar-refractivity contribution in [2.45, 2.75) is 26.4 Å². The first-order valence-corrected chi connectivity index (χ1v) is 5.73. The van der Waals surface area contributed by atoms with Gasteiger partial charge < -0.3 is 0 Å². The van der Waals surface area contributed by atoms with Gasteiger partial charge >= 0.3 is 6.18 Å². The average molecular weight is 277 g/mol. The Balaban J connectivity index is 3.47. The molecule has 0 unspecified atom stereocenters. The van der Waals surface area contributed by atoms with E-state index in [0.29, 0.717) is 12.0 Å². The molecule has 98 valence electrons. The zero-order valence-corrected chi connectivity index (χ0v) is 10.7. The quantitative estimate of drug-likeness (QED) is 0.724. The van der Waals surface area contributed by atoms with Gasteiger partial charge in [-0.1, -0.05) is 25.1 Å². The zero-order chi connectivity index (χ0) is 13.9. The fourth-order valence-corrected chi connectivity index (χ4v) is 1.77.